The molecular formula is C8H4BrIS. The van der Waals surface area contributed by atoms with Crippen molar-refractivity contribution in [2.24, 2.45) is 0 Å². The highest BCUT2D eigenvalue weighted by Crippen LogP contribution is 2.29. The van der Waals surface area contributed by atoms with E-state index < -0.39 is 0 Å². The molecule has 0 amide bonds. The Kier molecular flexibility index (Phi) is 2.21. The summed E-state index contributed by atoms with van der Waals surface area (Å²) in [5.41, 5.74) is 0. The van der Waals surface area contributed by atoms with Gasteiger partial charge in [0.05, 0.1) is 0 Å². The molecule has 0 aliphatic carbocycles. The Morgan fingerprint density at radius 1 is 1.36 bits per heavy atom. The van der Waals surface area contributed by atoms with Crippen molar-refractivity contribution in [3.8, 4) is 0 Å². The minimum Gasteiger partial charge on any atom is -0.143 e. The summed E-state index contributed by atoms with van der Waals surface area (Å²) in [4.78, 5) is 0. The van der Waals surface area contributed by atoms with Gasteiger partial charge in [-0.2, -0.15) is 0 Å². The molecule has 0 aliphatic heterocycles. The predicted octanol–water partition coefficient (Wildman–Crippen LogP) is 4.27. The van der Waals surface area contributed by atoms with E-state index in [9.17, 15) is 0 Å². The summed E-state index contributed by atoms with van der Waals surface area (Å²) in [6, 6.07) is 6.38. The Morgan fingerprint density at radius 3 is 3.00 bits per heavy atom. The van der Waals surface area contributed by atoms with Crippen molar-refractivity contribution in [1.82, 2.24) is 0 Å². The quantitative estimate of drug-likeness (QED) is 0.629. The van der Waals surface area contributed by atoms with E-state index in [0.29, 0.717) is 0 Å². The highest BCUT2D eigenvalue weighted by atomic mass is 127. The van der Waals surface area contributed by atoms with Gasteiger partial charge in [-0.15, -0.1) is 11.3 Å². The van der Waals surface area contributed by atoms with Crippen LogP contribution in [0.5, 0.6) is 0 Å². The fourth-order valence-electron chi connectivity index (χ4n) is 0.970. The molecule has 0 atom stereocenters. The normalized spacial score (nSPS) is 10.7. The van der Waals surface area contributed by atoms with E-state index in [2.05, 4.69) is 62.1 Å². The summed E-state index contributed by atoms with van der Waals surface area (Å²) in [6.07, 6.45) is 0. The fourth-order valence-corrected chi connectivity index (χ4v) is 3.14. The smallest absolute Gasteiger partial charge is 0.0354 e. The van der Waals surface area contributed by atoms with Crippen LogP contribution in [0.3, 0.4) is 0 Å². The van der Waals surface area contributed by atoms with Gasteiger partial charge < -0.3 is 0 Å². The summed E-state index contributed by atoms with van der Waals surface area (Å²) in [7, 11) is 0. The molecule has 0 fully saturated rings. The Bertz CT molecular complexity index is 394. The first kappa shape index (κ1) is 8.01. The standard InChI is InChI=1S/C8H4BrIS/c9-5-1-2-8-6(3-5)7(10)4-11-8/h1-4H. The molecule has 0 spiro atoms. The summed E-state index contributed by atoms with van der Waals surface area (Å²) >= 11 is 7.61. The second-order valence-electron chi connectivity index (χ2n) is 2.22. The molecule has 1 heterocycles. The fraction of sp³-hybridized carbons (Fsp3) is 0. The van der Waals surface area contributed by atoms with Crippen molar-refractivity contribution in [2.45, 2.75) is 0 Å². The third-order valence-corrected chi connectivity index (χ3v) is 4.26. The van der Waals surface area contributed by atoms with Crippen LogP contribution in [0, 0.1) is 3.57 Å². The van der Waals surface area contributed by atoms with Crippen LogP contribution in [0.15, 0.2) is 28.1 Å². The van der Waals surface area contributed by atoms with Gasteiger partial charge in [-0.05, 0) is 40.8 Å². The largest absolute Gasteiger partial charge is 0.143 e. The Morgan fingerprint density at radius 2 is 2.18 bits per heavy atom. The number of benzene rings is 1. The molecule has 2 aromatic rings. The van der Waals surface area contributed by atoms with E-state index in [1.807, 2.05) is 0 Å². The minimum atomic E-state index is 1.15. The van der Waals surface area contributed by atoms with Crippen LogP contribution < -0.4 is 0 Å². The van der Waals surface area contributed by atoms with Gasteiger partial charge in [0.15, 0.2) is 0 Å². The van der Waals surface area contributed by atoms with Crippen LogP contribution in [0.4, 0.5) is 0 Å². The molecule has 0 N–H and O–H groups in total. The third-order valence-electron chi connectivity index (χ3n) is 1.49. The van der Waals surface area contributed by atoms with Crippen molar-refractivity contribution in [2.75, 3.05) is 0 Å². The second kappa shape index (κ2) is 3.03. The van der Waals surface area contributed by atoms with E-state index in [-0.39, 0.29) is 0 Å². The molecule has 0 unspecified atom stereocenters. The van der Waals surface area contributed by atoms with Crippen molar-refractivity contribution in [3.05, 3.63) is 31.6 Å². The van der Waals surface area contributed by atoms with Crippen LogP contribution >= 0.6 is 49.9 Å². The summed E-state index contributed by atoms with van der Waals surface area (Å²) in [5.74, 6) is 0. The Hall–Kier alpha value is 0.390. The van der Waals surface area contributed by atoms with Crippen molar-refractivity contribution < 1.29 is 0 Å². The predicted molar refractivity (Wildman–Crippen MR) is 62.2 cm³/mol. The maximum absolute atomic E-state index is 3.45. The van der Waals surface area contributed by atoms with Crippen LogP contribution in [0.25, 0.3) is 10.1 Å². The zero-order chi connectivity index (χ0) is 7.84. The molecule has 2 rings (SSSR count). The lowest BCUT2D eigenvalue weighted by molar-refractivity contribution is 1.75. The molecular weight excluding hydrogens is 335 g/mol. The van der Waals surface area contributed by atoms with E-state index in [4.69, 9.17) is 0 Å². The molecule has 0 saturated heterocycles. The summed E-state index contributed by atoms with van der Waals surface area (Å²) in [6.45, 7) is 0. The minimum absolute atomic E-state index is 1.15. The number of fused-ring (bicyclic) bond motifs is 1. The molecule has 0 saturated carbocycles. The number of hydrogen-bond donors (Lipinski definition) is 0. The van der Waals surface area contributed by atoms with Gasteiger partial charge >= 0.3 is 0 Å². The topological polar surface area (TPSA) is 0 Å². The lowest BCUT2D eigenvalue weighted by Gasteiger charge is -1.90. The monoisotopic (exact) mass is 338 g/mol. The van der Waals surface area contributed by atoms with Crippen molar-refractivity contribution in [1.29, 1.82) is 0 Å². The SMILES string of the molecule is Brc1ccc2scc(I)c2c1. The summed E-state index contributed by atoms with van der Waals surface area (Å²) in [5, 5.41) is 3.53. The Balaban J connectivity index is 2.87. The average Bonchev–Trinajstić information content (AvgIpc) is 2.33. The first-order valence-corrected chi connectivity index (χ1v) is 5.85. The van der Waals surface area contributed by atoms with Crippen LogP contribution in [-0.2, 0) is 0 Å². The second-order valence-corrected chi connectivity index (χ2v) is 5.21. The molecule has 0 bridgehead atoms. The van der Waals surface area contributed by atoms with Gasteiger partial charge in [-0.3, -0.25) is 0 Å². The van der Waals surface area contributed by atoms with E-state index >= 15 is 0 Å². The van der Waals surface area contributed by atoms with Gasteiger partial charge in [0.1, 0.15) is 0 Å². The molecule has 0 aliphatic rings. The van der Waals surface area contributed by atoms with Crippen molar-refractivity contribution >= 4 is 59.9 Å². The van der Waals surface area contributed by atoms with Gasteiger partial charge in [-0.1, -0.05) is 15.9 Å². The molecule has 0 radical (unpaired) electrons. The van der Waals surface area contributed by atoms with E-state index in [1.54, 1.807) is 11.3 Å². The molecule has 11 heavy (non-hydrogen) atoms. The third kappa shape index (κ3) is 1.46. The first-order valence-electron chi connectivity index (χ1n) is 3.09. The zero-order valence-corrected chi connectivity index (χ0v) is 10.0. The zero-order valence-electron chi connectivity index (χ0n) is 5.47. The average molecular weight is 339 g/mol. The lowest BCUT2D eigenvalue weighted by atomic mass is 10.3. The van der Waals surface area contributed by atoms with E-state index in [0.717, 1.165) is 4.47 Å². The maximum atomic E-state index is 3.45. The van der Waals surface area contributed by atoms with Gasteiger partial charge in [0.2, 0.25) is 0 Å². The number of halogens is 2. The lowest BCUT2D eigenvalue weighted by Crippen LogP contribution is -1.66. The van der Waals surface area contributed by atoms with Gasteiger partial charge in [-0.25, -0.2) is 0 Å². The highest BCUT2D eigenvalue weighted by molar-refractivity contribution is 14.1. The highest BCUT2D eigenvalue weighted by Gasteiger charge is 1.99. The number of hydrogen-bond acceptors (Lipinski definition) is 1. The molecule has 1 aromatic heterocycles. The molecule has 1 aromatic carbocycles. The Labute approximate surface area is 90.9 Å². The summed E-state index contributed by atoms with van der Waals surface area (Å²) < 4.78 is 3.85. The maximum Gasteiger partial charge on any atom is 0.0354 e. The van der Waals surface area contributed by atoms with Crippen LogP contribution in [0.2, 0.25) is 0 Å². The van der Waals surface area contributed by atoms with Gasteiger partial charge in [0, 0.05) is 23.5 Å². The van der Waals surface area contributed by atoms with Crippen molar-refractivity contribution in [3.63, 3.8) is 0 Å². The number of rotatable bonds is 0. The van der Waals surface area contributed by atoms with Gasteiger partial charge in [0.25, 0.3) is 0 Å². The molecule has 56 valence electrons. The van der Waals surface area contributed by atoms with Crippen LogP contribution in [0.1, 0.15) is 0 Å². The first-order chi connectivity index (χ1) is 5.27. The number of thiophene rings is 1. The van der Waals surface area contributed by atoms with E-state index in [1.165, 1.54) is 13.7 Å². The molecule has 0 nitrogen and oxygen atoms in total. The van der Waals surface area contributed by atoms with Crippen LogP contribution in [-0.4, -0.2) is 0 Å². The molecule has 3 heteroatoms.